The predicted molar refractivity (Wildman–Crippen MR) is 138 cm³/mol. The van der Waals surface area contributed by atoms with E-state index >= 15 is 0 Å². The molecule has 0 unspecified atom stereocenters. The lowest BCUT2D eigenvalue weighted by Crippen LogP contribution is -2.42. The van der Waals surface area contributed by atoms with E-state index in [0.29, 0.717) is 36.2 Å². The molecule has 0 saturated carbocycles. The second-order valence-electron chi connectivity index (χ2n) is 8.31. The smallest absolute Gasteiger partial charge is 0.326 e. The van der Waals surface area contributed by atoms with Gasteiger partial charge in [0.1, 0.15) is 11.9 Å². The number of carboxylic acid groups (broad SMARTS) is 1. The van der Waals surface area contributed by atoms with Gasteiger partial charge in [0, 0.05) is 42.9 Å². The maximum absolute atomic E-state index is 12.8. The average Bonchev–Trinajstić information content (AvgIpc) is 3.37. The molecule has 184 valence electrons. The summed E-state index contributed by atoms with van der Waals surface area (Å²) in [7, 11) is 0. The normalized spacial score (nSPS) is 11.6. The highest BCUT2D eigenvalue weighted by atomic mass is 16.4. The number of carboxylic acids is 1. The number of hydrogen-bond acceptors (Lipinski definition) is 5. The fraction of sp³-hybridized carbons (Fsp3) is 0.185. The number of amides is 2. The standard InChI is InChI=1S/C27H27N5O4/c33-24(8-4-15-29-23-7-1-2-14-28-23)31-20-11-9-18(10-12-20)17-22(27(35)36)32-26(34)21-6-3-5-19-13-16-30-25(19)21/h1-3,5-7,9-14,16,22,30H,4,8,15,17H2,(H,28,29)(H,31,33)(H,32,34)(H,35,36)/t22-/m0/s1. The highest BCUT2D eigenvalue weighted by molar-refractivity contribution is 6.06. The third-order valence-corrected chi connectivity index (χ3v) is 5.66. The van der Waals surface area contributed by atoms with Crippen molar-refractivity contribution >= 4 is 40.2 Å². The first-order chi connectivity index (χ1) is 17.5. The van der Waals surface area contributed by atoms with E-state index in [2.05, 4.69) is 25.9 Å². The fourth-order valence-corrected chi connectivity index (χ4v) is 3.83. The van der Waals surface area contributed by atoms with Gasteiger partial charge in [0.05, 0.1) is 11.1 Å². The number of carbonyl (C=O) groups excluding carboxylic acids is 2. The van der Waals surface area contributed by atoms with Gasteiger partial charge in [-0.3, -0.25) is 9.59 Å². The van der Waals surface area contributed by atoms with E-state index in [9.17, 15) is 19.5 Å². The van der Waals surface area contributed by atoms with Gasteiger partial charge in [-0.05, 0) is 48.4 Å². The van der Waals surface area contributed by atoms with Crippen LogP contribution in [0.25, 0.3) is 10.9 Å². The van der Waals surface area contributed by atoms with Crippen LogP contribution in [0.2, 0.25) is 0 Å². The van der Waals surface area contributed by atoms with Crippen LogP contribution in [0.5, 0.6) is 0 Å². The Kier molecular flexibility index (Phi) is 7.92. The van der Waals surface area contributed by atoms with E-state index in [1.54, 1.807) is 48.8 Å². The van der Waals surface area contributed by atoms with E-state index < -0.39 is 17.9 Å². The predicted octanol–water partition coefficient (Wildman–Crippen LogP) is 3.82. The van der Waals surface area contributed by atoms with Crippen molar-refractivity contribution in [2.45, 2.75) is 25.3 Å². The van der Waals surface area contributed by atoms with E-state index in [1.807, 2.05) is 30.3 Å². The SMILES string of the molecule is O=C(CCCNc1ccccn1)Nc1ccc(C[C@H](NC(=O)c2cccc3cc[nH]c23)C(=O)O)cc1. The van der Waals surface area contributed by atoms with E-state index in [-0.39, 0.29) is 12.3 Å². The summed E-state index contributed by atoms with van der Waals surface area (Å²) in [4.78, 5) is 44.0. The Morgan fingerprint density at radius 2 is 1.81 bits per heavy atom. The summed E-state index contributed by atoms with van der Waals surface area (Å²) in [6, 6.07) is 18.5. The van der Waals surface area contributed by atoms with Gasteiger partial charge in [-0.25, -0.2) is 9.78 Å². The number of rotatable bonds is 11. The minimum Gasteiger partial charge on any atom is -0.480 e. The van der Waals surface area contributed by atoms with Crippen molar-refractivity contribution in [2.24, 2.45) is 0 Å². The van der Waals surface area contributed by atoms with Crippen LogP contribution in [-0.4, -0.2) is 45.4 Å². The molecular formula is C27H27N5O4. The molecule has 0 aliphatic carbocycles. The summed E-state index contributed by atoms with van der Waals surface area (Å²) in [6.45, 7) is 0.629. The van der Waals surface area contributed by atoms with Crippen LogP contribution in [-0.2, 0) is 16.0 Å². The summed E-state index contributed by atoms with van der Waals surface area (Å²) in [6.07, 6.45) is 4.54. The van der Waals surface area contributed by atoms with Crippen molar-refractivity contribution in [3.63, 3.8) is 0 Å². The molecule has 0 saturated heterocycles. The molecule has 0 aliphatic heterocycles. The summed E-state index contributed by atoms with van der Waals surface area (Å²) >= 11 is 0. The molecule has 4 rings (SSSR count). The van der Waals surface area contributed by atoms with Gasteiger partial charge in [0.25, 0.3) is 5.91 Å². The third-order valence-electron chi connectivity index (χ3n) is 5.66. The zero-order valence-electron chi connectivity index (χ0n) is 19.5. The number of aliphatic carboxylic acids is 1. The molecule has 4 aromatic rings. The number of nitrogens with zero attached hydrogens (tertiary/aromatic N) is 1. The Hall–Kier alpha value is -4.66. The Labute approximate surface area is 208 Å². The van der Waals surface area contributed by atoms with Crippen molar-refractivity contribution in [1.29, 1.82) is 0 Å². The maximum atomic E-state index is 12.8. The second kappa shape index (κ2) is 11.7. The number of nitrogens with one attached hydrogen (secondary N) is 4. The number of para-hydroxylation sites is 1. The summed E-state index contributed by atoms with van der Waals surface area (Å²) < 4.78 is 0. The number of hydrogen-bond donors (Lipinski definition) is 5. The molecule has 0 fully saturated rings. The molecule has 9 nitrogen and oxygen atoms in total. The first kappa shape index (κ1) is 24.5. The number of pyridine rings is 1. The number of H-pyrrole nitrogens is 1. The monoisotopic (exact) mass is 485 g/mol. The molecule has 0 spiro atoms. The lowest BCUT2D eigenvalue weighted by Gasteiger charge is -2.15. The largest absolute Gasteiger partial charge is 0.480 e. The number of benzene rings is 2. The molecule has 0 bridgehead atoms. The minimum atomic E-state index is -1.13. The van der Waals surface area contributed by atoms with Crippen molar-refractivity contribution in [2.75, 3.05) is 17.2 Å². The van der Waals surface area contributed by atoms with Crippen molar-refractivity contribution < 1.29 is 19.5 Å². The molecule has 2 amide bonds. The molecule has 9 heteroatoms. The van der Waals surface area contributed by atoms with E-state index in [4.69, 9.17) is 0 Å². The first-order valence-electron chi connectivity index (χ1n) is 11.6. The van der Waals surface area contributed by atoms with Crippen LogP contribution in [0.4, 0.5) is 11.5 Å². The number of aromatic nitrogens is 2. The Morgan fingerprint density at radius 1 is 0.972 bits per heavy atom. The molecule has 0 radical (unpaired) electrons. The lowest BCUT2D eigenvalue weighted by molar-refractivity contribution is -0.139. The molecule has 2 aromatic carbocycles. The van der Waals surface area contributed by atoms with Crippen LogP contribution in [0, 0.1) is 0 Å². The third kappa shape index (κ3) is 6.47. The Morgan fingerprint density at radius 3 is 2.56 bits per heavy atom. The lowest BCUT2D eigenvalue weighted by atomic mass is 10.0. The Balaban J connectivity index is 1.27. The van der Waals surface area contributed by atoms with E-state index in [1.165, 1.54) is 0 Å². The highest BCUT2D eigenvalue weighted by Crippen LogP contribution is 2.18. The van der Waals surface area contributed by atoms with Crippen molar-refractivity contribution in [3.05, 3.63) is 90.3 Å². The molecule has 5 N–H and O–H groups in total. The first-order valence-corrected chi connectivity index (χ1v) is 11.6. The number of anilines is 2. The topological polar surface area (TPSA) is 136 Å². The van der Waals surface area contributed by atoms with E-state index in [0.717, 1.165) is 16.8 Å². The molecule has 2 aromatic heterocycles. The molecule has 2 heterocycles. The van der Waals surface area contributed by atoms with Gasteiger partial charge in [-0.15, -0.1) is 0 Å². The van der Waals surface area contributed by atoms with Gasteiger partial charge >= 0.3 is 5.97 Å². The molecule has 1 atom stereocenters. The highest BCUT2D eigenvalue weighted by Gasteiger charge is 2.22. The summed E-state index contributed by atoms with van der Waals surface area (Å²) in [5.41, 5.74) is 2.39. The Bertz CT molecular complexity index is 1340. The molecular weight excluding hydrogens is 458 g/mol. The molecule has 0 aliphatic rings. The van der Waals surface area contributed by atoms with Gasteiger partial charge in [0.2, 0.25) is 5.91 Å². The van der Waals surface area contributed by atoms with Crippen LogP contribution in [0.1, 0.15) is 28.8 Å². The summed E-state index contributed by atoms with van der Waals surface area (Å²) in [5, 5.41) is 19.1. The minimum absolute atomic E-state index is 0.106. The van der Waals surface area contributed by atoms with Crippen LogP contribution in [0.3, 0.4) is 0 Å². The van der Waals surface area contributed by atoms with Crippen molar-refractivity contribution in [1.82, 2.24) is 15.3 Å². The number of aromatic amines is 1. The van der Waals surface area contributed by atoms with Gasteiger partial charge in [-0.1, -0.05) is 30.3 Å². The van der Waals surface area contributed by atoms with Crippen LogP contribution in [0.15, 0.2) is 79.1 Å². The zero-order valence-corrected chi connectivity index (χ0v) is 19.5. The zero-order chi connectivity index (χ0) is 25.3. The maximum Gasteiger partial charge on any atom is 0.326 e. The van der Waals surface area contributed by atoms with Crippen molar-refractivity contribution in [3.8, 4) is 0 Å². The second-order valence-corrected chi connectivity index (χ2v) is 8.31. The van der Waals surface area contributed by atoms with Crippen LogP contribution < -0.4 is 16.0 Å². The van der Waals surface area contributed by atoms with Crippen LogP contribution >= 0.6 is 0 Å². The summed E-state index contributed by atoms with van der Waals surface area (Å²) in [5.74, 6) is -0.930. The number of carbonyl (C=O) groups is 3. The quantitative estimate of drug-likeness (QED) is 0.205. The average molecular weight is 486 g/mol. The fourth-order valence-electron chi connectivity index (χ4n) is 3.83. The number of fused-ring (bicyclic) bond motifs is 1. The van der Waals surface area contributed by atoms with Gasteiger partial charge in [-0.2, -0.15) is 0 Å². The van der Waals surface area contributed by atoms with Gasteiger partial charge < -0.3 is 26.0 Å². The van der Waals surface area contributed by atoms with Gasteiger partial charge in [0.15, 0.2) is 0 Å². The molecule has 36 heavy (non-hydrogen) atoms.